The fraction of sp³-hybridized carbons (Fsp3) is 1.00. The molecule has 6 heteroatoms. The highest BCUT2D eigenvalue weighted by Gasteiger charge is 2.33. The zero-order valence-corrected chi connectivity index (χ0v) is 9.83. The molecule has 0 saturated heterocycles. The van der Waals surface area contributed by atoms with Gasteiger partial charge in [0.05, 0.1) is 19.8 Å². The van der Waals surface area contributed by atoms with E-state index < -0.39 is 13.4 Å². The third-order valence-corrected chi connectivity index (χ3v) is 3.57. The fourth-order valence-corrected chi connectivity index (χ4v) is 2.31. The molecule has 1 unspecified atom stereocenters. The van der Waals surface area contributed by atoms with E-state index in [2.05, 4.69) is 0 Å². The van der Waals surface area contributed by atoms with E-state index in [1.165, 1.54) is 0 Å². The summed E-state index contributed by atoms with van der Waals surface area (Å²) < 4.78 is 26.7. The van der Waals surface area contributed by atoms with Crippen LogP contribution in [0, 0.1) is 0 Å². The molecule has 0 amide bonds. The van der Waals surface area contributed by atoms with Crippen molar-refractivity contribution in [1.82, 2.24) is 0 Å². The quantitative estimate of drug-likeness (QED) is 0.637. The van der Waals surface area contributed by atoms with Crippen LogP contribution in [-0.4, -0.2) is 37.4 Å². The second kappa shape index (κ2) is 7.37. The second-order valence-electron chi connectivity index (χ2n) is 2.52. The Hall–Kier alpha value is 0.0700. The third-order valence-electron chi connectivity index (χ3n) is 1.45. The minimum Gasteiger partial charge on any atom is -0.378 e. The van der Waals surface area contributed by atoms with Gasteiger partial charge in [0.1, 0.15) is 0 Å². The molecular formula is C8H19O5P. The summed E-state index contributed by atoms with van der Waals surface area (Å²) in [6.45, 7) is 6.07. The highest BCUT2D eigenvalue weighted by molar-refractivity contribution is 7.54. The van der Waals surface area contributed by atoms with Gasteiger partial charge in [-0.1, -0.05) is 0 Å². The lowest BCUT2D eigenvalue weighted by molar-refractivity contribution is 0.0578. The molecule has 0 aromatic rings. The second-order valence-corrected chi connectivity index (χ2v) is 4.71. The van der Waals surface area contributed by atoms with Crippen molar-refractivity contribution < 1.29 is 23.5 Å². The highest BCUT2D eigenvalue weighted by atomic mass is 31.2. The number of ether oxygens (including phenoxy) is 1. The molecule has 0 aromatic carbocycles. The molecule has 0 aliphatic rings. The Morgan fingerprint density at radius 1 is 1.14 bits per heavy atom. The van der Waals surface area contributed by atoms with E-state index in [9.17, 15) is 9.67 Å². The van der Waals surface area contributed by atoms with Crippen molar-refractivity contribution in [2.24, 2.45) is 0 Å². The molecule has 0 fully saturated rings. The molecule has 0 aromatic heterocycles. The van der Waals surface area contributed by atoms with E-state index in [0.29, 0.717) is 6.61 Å². The van der Waals surface area contributed by atoms with Crippen molar-refractivity contribution in [1.29, 1.82) is 0 Å². The third kappa shape index (κ3) is 4.53. The zero-order valence-electron chi connectivity index (χ0n) is 8.93. The normalized spacial score (nSPS) is 14.3. The van der Waals surface area contributed by atoms with Crippen LogP contribution in [-0.2, 0) is 18.3 Å². The van der Waals surface area contributed by atoms with Gasteiger partial charge in [0, 0.05) is 6.61 Å². The van der Waals surface area contributed by atoms with Gasteiger partial charge in [-0.15, -0.1) is 0 Å². The summed E-state index contributed by atoms with van der Waals surface area (Å²) >= 11 is 0. The molecule has 0 bridgehead atoms. The van der Waals surface area contributed by atoms with Gasteiger partial charge in [-0.2, -0.15) is 0 Å². The monoisotopic (exact) mass is 226 g/mol. The number of hydrogen-bond donors (Lipinski definition) is 1. The maximum atomic E-state index is 11.8. The summed E-state index contributed by atoms with van der Waals surface area (Å²) in [6, 6.07) is 0. The molecule has 0 heterocycles. The topological polar surface area (TPSA) is 65.0 Å². The minimum absolute atomic E-state index is 0.0340. The van der Waals surface area contributed by atoms with Gasteiger partial charge in [-0.05, 0) is 20.8 Å². The first-order chi connectivity index (χ1) is 6.60. The molecule has 0 spiro atoms. The Balaban J connectivity index is 4.23. The largest absolute Gasteiger partial charge is 0.378 e. The highest BCUT2D eigenvalue weighted by Crippen LogP contribution is 2.51. The van der Waals surface area contributed by atoms with Crippen LogP contribution < -0.4 is 0 Å². The molecule has 0 aliphatic heterocycles. The van der Waals surface area contributed by atoms with Crippen LogP contribution in [0.1, 0.15) is 20.8 Å². The van der Waals surface area contributed by atoms with Gasteiger partial charge >= 0.3 is 7.60 Å². The standard InChI is InChI=1S/C8H19O5P/c1-4-11-7-8(9)14(10,12-5-2)13-6-3/h8-9H,4-7H2,1-3H3. The molecule has 5 nitrogen and oxygen atoms in total. The molecule has 86 valence electrons. The Bertz CT molecular complexity index is 175. The van der Waals surface area contributed by atoms with Crippen LogP contribution in [0.5, 0.6) is 0 Å². The number of aliphatic hydroxyl groups excluding tert-OH is 1. The predicted molar refractivity (Wildman–Crippen MR) is 53.4 cm³/mol. The summed E-state index contributed by atoms with van der Waals surface area (Å²) in [5.41, 5.74) is 0. The van der Waals surface area contributed by atoms with Crippen LogP contribution in [0.15, 0.2) is 0 Å². The van der Waals surface area contributed by atoms with Crippen LogP contribution >= 0.6 is 7.60 Å². The molecule has 0 aliphatic carbocycles. The Morgan fingerprint density at radius 3 is 2.00 bits per heavy atom. The summed E-state index contributed by atoms with van der Waals surface area (Å²) in [5, 5.41) is 9.52. The summed E-state index contributed by atoms with van der Waals surface area (Å²) in [7, 11) is -3.41. The maximum absolute atomic E-state index is 11.8. The fourth-order valence-electron chi connectivity index (χ4n) is 0.884. The molecule has 1 atom stereocenters. The van der Waals surface area contributed by atoms with E-state index in [0.717, 1.165) is 0 Å². The van der Waals surface area contributed by atoms with Gasteiger partial charge < -0.3 is 18.9 Å². The molecule has 14 heavy (non-hydrogen) atoms. The maximum Gasteiger partial charge on any atom is 0.361 e. The Labute approximate surface area is 84.9 Å². The lowest BCUT2D eigenvalue weighted by atomic mass is 10.7. The van der Waals surface area contributed by atoms with E-state index >= 15 is 0 Å². The lowest BCUT2D eigenvalue weighted by Gasteiger charge is -2.21. The number of hydrogen-bond acceptors (Lipinski definition) is 5. The molecule has 0 radical (unpaired) electrons. The number of rotatable bonds is 8. The van der Waals surface area contributed by atoms with Gasteiger partial charge in [-0.25, -0.2) is 0 Å². The van der Waals surface area contributed by atoms with Gasteiger partial charge in [-0.3, -0.25) is 4.57 Å². The van der Waals surface area contributed by atoms with Crippen LogP contribution in [0.25, 0.3) is 0 Å². The van der Waals surface area contributed by atoms with E-state index in [-0.39, 0.29) is 19.8 Å². The first-order valence-corrected chi connectivity index (χ1v) is 6.36. The van der Waals surface area contributed by atoms with E-state index in [1.807, 2.05) is 0 Å². The minimum atomic E-state index is -3.41. The van der Waals surface area contributed by atoms with Crippen molar-refractivity contribution in [3.05, 3.63) is 0 Å². The summed E-state index contributed by atoms with van der Waals surface area (Å²) in [5.74, 6) is -1.21. The smallest absolute Gasteiger partial charge is 0.361 e. The average molecular weight is 226 g/mol. The molecular weight excluding hydrogens is 207 g/mol. The van der Waals surface area contributed by atoms with Crippen LogP contribution in [0.2, 0.25) is 0 Å². The first kappa shape index (κ1) is 14.1. The van der Waals surface area contributed by atoms with Crippen LogP contribution in [0.3, 0.4) is 0 Å². The lowest BCUT2D eigenvalue weighted by Crippen LogP contribution is -2.19. The van der Waals surface area contributed by atoms with Crippen LogP contribution in [0.4, 0.5) is 0 Å². The number of aliphatic hydroxyl groups is 1. The zero-order chi connectivity index (χ0) is 11.0. The Kier molecular flexibility index (Phi) is 7.41. The average Bonchev–Trinajstić information content (AvgIpc) is 2.15. The van der Waals surface area contributed by atoms with Crippen molar-refractivity contribution in [2.45, 2.75) is 26.6 Å². The Morgan fingerprint density at radius 2 is 1.64 bits per heavy atom. The van der Waals surface area contributed by atoms with Gasteiger partial charge in [0.25, 0.3) is 0 Å². The van der Waals surface area contributed by atoms with Crippen molar-refractivity contribution in [3.8, 4) is 0 Å². The van der Waals surface area contributed by atoms with Crippen molar-refractivity contribution in [3.63, 3.8) is 0 Å². The van der Waals surface area contributed by atoms with Crippen molar-refractivity contribution >= 4 is 7.60 Å². The predicted octanol–water partition coefficient (Wildman–Crippen LogP) is 1.61. The molecule has 0 rings (SSSR count). The van der Waals surface area contributed by atoms with Gasteiger partial charge in [0.15, 0.2) is 5.85 Å². The van der Waals surface area contributed by atoms with Gasteiger partial charge in [0.2, 0.25) is 0 Å². The molecule has 0 saturated carbocycles. The first-order valence-electron chi connectivity index (χ1n) is 4.75. The van der Waals surface area contributed by atoms with E-state index in [1.54, 1.807) is 20.8 Å². The SMILES string of the molecule is CCOCC(O)P(=O)(OCC)OCC. The summed E-state index contributed by atoms with van der Waals surface area (Å²) in [4.78, 5) is 0. The molecule has 1 N–H and O–H groups in total. The summed E-state index contributed by atoms with van der Waals surface area (Å²) in [6.07, 6.45) is 0. The van der Waals surface area contributed by atoms with E-state index in [4.69, 9.17) is 13.8 Å². The van der Waals surface area contributed by atoms with Crippen molar-refractivity contribution in [2.75, 3.05) is 26.4 Å².